The molecule has 90 valence electrons. The Hall–Kier alpha value is -1.39. The van der Waals surface area contributed by atoms with Crippen molar-refractivity contribution in [2.45, 2.75) is 13.3 Å². The van der Waals surface area contributed by atoms with Crippen LogP contribution in [0.5, 0.6) is 0 Å². The monoisotopic (exact) mass is 247 g/mol. The fraction of sp³-hybridized carbons (Fsp3) is 0.308. The van der Waals surface area contributed by atoms with Crippen LogP contribution in [0.1, 0.15) is 11.4 Å². The molecule has 0 spiro atoms. The molecule has 0 bridgehead atoms. The van der Waals surface area contributed by atoms with Crippen molar-refractivity contribution in [2.75, 3.05) is 18.4 Å². The minimum Gasteiger partial charge on any atom is -0.385 e. The van der Waals surface area contributed by atoms with Gasteiger partial charge in [0.2, 0.25) is 0 Å². The molecule has 0 aliphatic rings. The molecule has 0 saturated carbocycles. The normalized spacial score (nSPS) is 10.5. The van der Waals surface area contributed by atoms with E-state index in [-0.39, 0.29) is 0 Å². The number of thiazole rings is 1. The zero-order chi connectivity index (χ0) is 12.1. The van der Waals surface area contributed by atoms with Gasteiger partial charge in [0.25, 0.3) is 0 Å². The van der Waals surface area contributed by atoms with Gasteiger partial charge in [-0.15, -0.1) is 11.3 Å². The molecule has 17 heavy (non-hydrogen) atoms. The molecule has 1 heterocycles. The maximum absolute atomic E-state index is 5.47. The van der Waals surface area contributed by atoms with E-state index >= 15 is 0 Å². The number of aryl methyl sites for hydroxylation is 1. The first-order valence-electron chi connectivity index (χ1n) is 5.76. The molecular formula is C13H17N3S. The van der Waals surface area contributed by atoms with Crippen LogP contribution in [0, 0.1) is 6.92 Å². The average molecular weight is 247 g/mol. The van der Waals surface area contributed by atoms with Crippen LogP contribution < -0.4 is 11.1 Å². The number of nitrogens with zero attached hydrogens (tertiary/aromatic N) is 1. The third-order valence-corrected chi connectivity index (χ3v) is 3.26. The van der Waals surface area contributed by atoms with E-state index in [0.717, 1.165) is 41.5 Å². The fourth-order valence-corrected chi connectivity index (χ4v) is 2.24. The molecular weight excluding hydrogens is 230 g/mol. The fourth-order valence-electron chi connectivity index (χ4n) is 1.62. The van der Waals surface area contributed by atoms with Gasteiger partial charge >= 0.3 is 0 Å². The highest BCUT2D eigenvalue weighted by Crippen LogP contribution is 2.23. The Labute approximate surface area is 106 Å². The third kappa shape index (κ3) is 3.28. The van der Waals surface area contributed by atoms with Crippen molar-refractivity contribution >= 4 is 17.0 Å². The lowest BCUT2D eigenvalue weighted by atomic mass is 10.1. The van der Waals surface area contributed by atoms with Crippen molar-refractivity contribution < 1.29 is 0 Å². The predicted molar refractivity (Wildman–Crippen MR) is 74.4 cm³/mol. The summed E-state index contributed by atoms with van der Waals surface area (Å²) in [4.78, 5) is 4.49. The van der Waals surface area contributed by atoms with E-state index < -0.39 is 0 Å². The number of hydrogen-bond donors (Lipinski definition) is 2. The Morgan fingerprint density at radius 3 is 3.00 bits per heavy atom. The standard InChI is InChI=1S/C13H17N3S/c1-10-16-13(9-17-10)11-4-2-5-12(8-11)15-7-3-6-14/h2,4-5,8-9,15H,3,6-7,14H2,1H3. The molecule has 0 aliphatic heterocycles. The molecule has 3 N–H and O–H groups in total. The van der Waals surface area contributed by atoms with Gasteiger partial charge in [0.05, 0.1) is 10.7 Å². The molecule has 0 amide bonds. The van der Waals surface area contributed by atoms with Crippen LogP contribution in [0.15, 0.2) is 29.6 Å². The highest BCUT2D eigenvalue weighted by Gasteiger charge is 2.02. The summed E-state index contributed by atoms with van der Waals surface area (Å²) >= 11 is 1.68. The Morgan fingerprint density at radius 2 is 2.29 bits per heavy atom. The number of benzene rings is 1. The highest BCUT2D eigenvalue weighted by atomic mass is 32.1. The number of hydrogen-bond acceptors (Lipinski definition) is 4. The lowest BCUT2D eigenvalue weighted by Crippen LogP contribution is -2.08. The van der Waals surface area contributed by atoms with E-state index in [1.165, 1.54) is 0 Å². The smallest absolute Gasteiger partial charge is 0.0901 e. The van der Waals surface area contributed by atoms with Crippen molar-refractivity contribution in [3.05, 3.63) is 34.7 Å². The van der Waals surface area contributed by atoms with Crippen LogP contribution in [0.4, 0.5) is 5.69 Å². The minimum atomic E-state index is 0.720. The lowest BCUT2D eigenvalue weighted by Gasteiger charge is -2.06. The van der Waals surface area contributed by atoms with Crippen molar-refractivity contribution in [3.63, 3.8) is 0 Å². The number of aromatic nitrogens is 1. The van der Waals surface area contributed by atoms with Gasteiger partial charge in [-0.2, -0.15) is 0 Å². The van der Waals surface area contributed by atoms with Crippen molar-refractivity contribution in [2.24, 2.45) is 5.73 Å². The van der Waals surface area contributed by atoms with Crippen LogP contribution in [-0.4, -0.2) is 18.1 Å². The Kier molecular flexibility index (Phi) is 4.12. The lowest BCUT2D eigenvalue weighted by molar-refractivity contribution is 0.874. The number of rotatable bonds is 5. The molecule has 2 aromatic rings. The van der Waals surface area contributed by atoms with E-state index in [2.05, 4.69) is 39.9 Å². The minimum absolute atomic E-state index is 0.720. The molecule has 0 atom stereocenters. The van der Waals surface area contributed by atoms with Gasteiger partial charge in [-0.25, -0.2) is 4.98 Å². The van der Waals surface area contributed by atoms with Crippen LogP contribution >= 0.6 is 11.3 Å². The maximum Gasteiger partial charge on any atom is 0.0901 e. The molecule has 1 aromatic carbocycles. The Balaban J connectivity index is 2.11. The Morgan fingerprint density at radius 1 is 1.41 bits per heavy atom. The third-order valence-electron chi connectivity index (χ3n) is 2.49. The van der Waals surface area contributed by atoms with E-state index in [1.807, 2.05) is 6.92 Å². The molecule has 0 aliphatic carbocycles. The first-order valence-corrected chi connectivity index (χ1v) is 6.64. The first-order chi connectivity index (χ1) is 8.29. The topological polar surface area (TPSA) is 50.9 Å². The number of nitrogens with two attached hydrogens (primary N) is 1. The summed E-state index contributed by atoms with van der Waals surface area (Å²) in [5.74, 6) is 0. The summed E-state index contributed by atoms with van der Waals surface area (Å²) in [5.41, 5.74) is 8.80. The zero-order valence-electron chi connectivity index (χ0n) is 9.94. The first kappa shape index (κ1) is 12.1. The summed E-state index contributed by atoms with van der Waals surface area (Å²) < 4.78 is 0. The van der Waals surface area contributed by atoms with Gasteiger partial charge < -0.3 is 11.1 Å². The summed E-state index contributed by atoms with van der Waals surface area (Å²) in [5, 5.41) is 6.55. The average Bonchev–Trinajstić information content (AvgIpc) is 2.77. The van der Waals surface area contributed by atoms with E-state index in [1.54, 1.807) is 11.3 Å². The van der Waals surface area contributed by atoms with Gasteiger partial charge in [0.1, 0.15) is 0 Å². The van der Waals surface area contributed by atoms with Crippen LogP contribution in [0.3, 0.4) is 0 Å². The maximum atomic E-state index is 5.47. The second kappa shape index (κ2) is 5.80. The molecule has 4 heteroatoms. The summed E-state index contributed by atoms with van der Waals surface area (Å²) in [7, 11) is 0. The SMILES string of the molecule is Cc1nc(-c2cccc(NCCCN)c2)cs1. The molecule has 1 aromatic heterocycles. The van der Waals surface area contributed by atoms with Crippen LogP contribution in [0.25, 0.3) is 11.3 Å². The van der Waals surface area contributed by atoms with Crippen molar-refractivity contribution in [1.82, 2.24) is 4.98 Å². The number of anilines is 1. The molecule has 2 rings (SSSR count). The second-order valence-electron chi connectivity index (χ2n) is 3.90. The Bertz CT molecular complexity index is 479. The van der Waals surface area contributed by atoms with Gasteiger partial charge in [-0.1, -0.05) is 12.1 Å². The molecule has 3 nitrogen and oxygen atoms in total. The van der Waals surface area contributed by atoms with E-state index in [0.29, 0.717) is 0 Å². The van der Waals surface area contributed by atoms with E-state index in [9.17, 15) is 0 Å². The van der Waals surface area contributed by atoms with Gasteiger partial charge in [0, 0.05) is 23.2 Å². The van der Waals surface area contributed by atoms with Crippen LogP contribution in [0.2, 0.25) is 0 Å². The summed E-state index contributed by atoms with van der Waals surface area (Å²) in [6, 6.07) is 8.33. The van der Waals surface area contributed by atoms with Crippen molar-refractivity contribution in [3.8, 4) is 11.3 Å². The molecule has 0 saturated heterocycles. The molecule has 0 unspecified atom stereocenters. The number of nitrogens with one attached hydrogen (secondary N) is 1. The van der Waals surface area contributed by atoms with Crippen LogP contribution in [-0.2, 0) is 0 Å². The second-order valence-corrected chi connectivity index (χ2v) is 4.96. The highest BCUT2D eigenvalue weighted by molar-refractivity contribution is 7.09. The van der Waals surface area contributed by atoms with Crippen molar-refractivity contribution in [1.29, 1.82) is 0 Å². The van der Waals surface area contributed by atoms with Gasteiger partial charge in [-0.3, -0.25) is 0 Å². The van der Waals surface area contributed by atoms with Gasteiger partial charge in [0.15, 0.2) is 0 Å². The largest absolute Gasteiger partial charge is 0.385 e. The zero-order valence-corrected chi connectivity index (χ0v) is 10.8. The summed E-state index contributed by atoms with van der Waals surface area (Å²) in [6.45, 7) is 3.66. The summed E-state index contributed by atoms with van der Waals surface area (Å²) in [6.07, 6.45) is 0.986. The molecule has 0 fully saturated rings. The molecule has 0 radical (unpaired) electrons. The predicted octanol–water partition coefficient (Wildman–Crippen LogP) is 2.88. The quantitative estimate of drug-likeness (QED) is 0.799. The van der Waals surface area contributed by atoms with E-state index in [4.69, 9.17) is 5.73 Å². The van der Waals surface area contributed by atoms with Gasteiger partial charge in [-0.05, 0) is 32.0 Å².